The monoisotopic (exact) mass is 407 g/mol. The van der Waals surface area contributed by atoms with Gasteiger partial charge in [-0.05, 0) is 12.1 Å². The largest absolute Gasteiger partial charge is 0.368 e. The molecule has 0 spiro atoms. The summed E-state index contributed by atoms with van der Waals surface area (Å²) < 4.78 is 22.6. The molecule has 152 valence electrons. The summed E-state index contributed by atoms with van der Waals surface area (Å²) in [6.07, 6.45) is 1.40. The van der Waals surface area contributed by atoms with Crippen LogP contribution in [-0.2, 0) is 19.4 Å². The van der Waals surface area contributed by atoms with Gasteiger partial charge in [0.1, 0.15) is 21.6 Å². The summed E-state index contributed by atoms with van der Waals surface area (Å²) in [7, 11) is -3.00. The number of hydrogen-bond donors (Lipinski definition) is 1. The van der Waals surface area contributed by atoms with E-state index in [1.165, 1.54) is 11.3 Å². The van der Waals surface area contributed by atoms with Gasteiger partial charge in [0.15, 0.2) is 0 Å². The first kappa shape index (κ1) is 20.3. The van der Waals surface area contributed by atoms with Gasteiger partial charge in [-0.25, -0.2) is 8.42 Å². The van der Waals surface area contributed by atoms with Crippen LogP contribution in [0.15, 0.2) is 35.4 Å². The zero-order valence-electron chi connectivity index (χ0n) is 15.8. The van der Waals surface area contributed by atoms with Crippen LogP contribution in [0.1, 0.15) is 6.42 Å². The van der Waals surface area contributed by atoms with Crippen molar-refractivity contribution in [3.8, 4) is 0 Å². The lowest BCUT2D eigenvalue weighted by Gasteiger charge is -2.34. The Bertz CT molecular complexity index is 863. The third-order valence-corrected chi connectivity index (χ3v) is 5.87. The SMILES string of the molecule is CS(=O)(=O)CCN1CCN(C(=O)C2=NN(c3ccccc3)C(C(N)=O)C2)CC1. The number of nitrogens with two attached hydrogens (primary N) is 1. The molecule has 0 radical (unpaired) electrons. The molecular weight excluding hydrogens is 382 g/mol. The van der Waals surface area contributed by atoms with Crippen LogP contribution in [0.4, 0.5) is 5.69 Å². The molecule has 0 bridgehead atoms. The Labute approximate surface area is 164 Å². The number of anilines is 1. The molecule has 1 atom stereocenters. The van der Waals surface area contributed by atoms with Crippen molar-refractivity contribution in [3.63, 3.8) is 0 Å². The van der Waals surface area contributed by atoms with E-state index in [2.05, 4.69) is 5.10 Å². The van der Waals surface area contributed by atoms with Crippen LogP contribution < -0.4 is 10.7 Å². The maximum absolute atomic E-state index is 12.9. The number of carbonyl (C=O) groups is 2. The molecule has 1 aromatic carbocycles. The van der Waals surface area contributed by atoms with Crippen molar-refractivity contribution < 1.29 is 18.0 Å². The number of nitrogens with zero attached hydrogens (tertiary/aromatic N) is 4. The Morgan fingerprint density at radius 1 is 1.14 bits per heavy atom. The maximum Gasteiger partial charge on any atom is 0.270 e. The van der Waals surface area contributed by atoms with E-state index < -0.39 is 21.8 Å². The normalized spacial score (nSPS) is 20.9. The number of amides is 2. The van der Waals surface area contributed by atoms with Gasteiger partial charge in [-0.15, -0.1) is 0 Å². The van der Waals surface area contributed by atoms with Crippen LogP contribution in [0.5, 0.6) is 0 Å². The molecule has 2 aliphatic rings. The van der Waals surface area contributed by atoms with Gasteiger partial charge in [-0.1, -0.05) is 18.2 Å². The van der Waals surface area contributed by atoms with Crippen molar-refractivity contribution in [1.82, 2.24) is 9.80 Å². The highest BCUT2D eigenvalue weighted by molar-refractivity contribution is 7.90. The molecule has 2 amide bonds. The number of sulfone groups is 1. The molecule has 0 aromatic heterocycles. The number of para-hydroxylation sites is 1. The van der Waals surface area contributed by atoms with Gasteiger partial charge in [0.25, 0.3) is 5.91 Å². The van der Waals surface area contributed by atoms with Gasteiger partial charge in [-0.3, -0.25) is 19.5 Å². The highest BCUT2D eigenvalue weighted by Gasteiger charge is 2.37. The Morgan fingerprint density at radius 2 is 1.79 bits per heavy atom. The van der Waals surface area contributed by atoms with Gasteiger partial charge in [0.05, 0.1) is 11.4 Å². The lowest BCUT2D eigenvalue weighted by Crippen LogP contribution is -2.51. The second-order valence-electron chi connectivity index (χ2n) is 7.11. The molecule has 3 rings (SSSR count). The fourth-order valence-corrected chi connectivity index (χ4v) is 3.92. The standard InChI is InChI=1S/C18H25N5O4S/c1-28(26,27)12-11-21-7-9-22(10-8-21)18(25)15-13-16(17(19)24)23(20-15)14-5-3-2-4-6-14/h2-6,16H,7-13H2,1H3,(H2,19,24). The summed E-state index contributed by atoms with van der Waals surface area (Å²) in [6, 6.07) is 8.47. The third kappa shape index (κ3) is 4.87. The van der Waals surface area contributed by atoms with Crippen LogP contribution in [-0.4, -0.2) is 86.5 Å². The first-order chi connectivity index (χ1) is 13.2. The number of hydrogen-bond acceptors (Lipinski definition) is 7. The molecule has 0 aliphatic carbocycles. The van der Waals surface area contributed by atoms with E-state index in [9.17, 15) is 18.0 Å². The van der Waals surface area contributed by atoms with Crippen molar-refractivity contribution in [3.05, 3.63) is 30.3 Å². The summed E-state index contributed by atoms with van der Waals surface area (Å²) in [5.74, 6) is -0.617. The summed E-state index contributed by atoms with van der Waals surface area (Å²) >= 11 is 0. The van der Waals surface area contributed by atoms with Crippen molar-refractivity contribution in [1.29, 1.82) is 0 Å². The Morgan fingerprint density at radius 3 is 2.36 bits per heavy atom. The first-order valence-corrected chi connectivity index (χ1v) is 11.2. The smallest absolute Gasteiger partial charge is 0.270 e. The van der Waals surface area contributed by atoms with E-state index >= 15 is 0 Å². The van der Waals surface area contributed by atoms with Gasteiger partial charge < -0.3 is 10.6 Å². The zero-order chi connectivity index (χ0) is 20.3. The van der Waals surface area contributed by atoms with Crippen LogP contribution in [0, 0.1) is 0 Å². The summed E-state index contributed by atoms with van der Waals surface area (Å²) in [4.78, 5) is 28.5. The molecule has 1 aromatic rings. The first-order valence-electron chi connectivity index (χ1n) is 9.15. The minimum absolute atomic E-state index is 0.111. The van der Waals surface area contributed by atoms with E-state index in [4.69, 9.17) is 5.73 Å². The van der Waals surface area contributed by atoms with Gasteiger partial charge in [-0.2, -0.15) is 5.10 Å². The van der Waals surface area contributed by atoms with E-state index in [0.29, 0.717) is 44.1 Å². The lowest BCUT2D eigenvalue weighted by atomic mass is 10.1. The Hall–Kier alpha value is -2.46. The topological polar surface area (TPSA) is 116 Å². The average molecular weight is 407 g/mol. The van der Waals surface area contributed by atoms with Crippen LogP contribution in [0.2, 0.25) is 0 Å². The molecule has 2 N–H and O–H groups in total. The second-order valence-corrected chi connectivity index (χ2v) is 9.37. The van der Waals surface area contributed by atoms with Crippen molar-refractivity contribution in [2.75, 3.05) is 49.7 Å². The second kappa shape index (κ2) is 8.27. The number of piperazine rings is 1. The summed E-state index contributed by atoms with van der Waals surface area (Å²) in [6.45, 7) is 2.67. The minimum atomic E-state index is -3.00. The molecule has 1 unspecified atom stereocenters. The van der Waals surface area contributed by atoms with E-state index in [1.807, 2.05) is 35.2 Å². The van der Waals surface area contributed by atoms with Crippen LogP contribution in [0.3, 0.4) is 0 Å². The van der Waals surface area contributed by atoms with E-state index in [0.717, 1.165) is 0 Å². The molecule has 1 fully saturated rings. The molecule has 10 heteroatoms. The number of primary amides is 1. The molecule has 2 heterocycles. The Kier molecular flexibility index (Phi) is 5.99. The molecule has 9 nitrogen and oxygen atoms in total. The molecule has 0 saturated carbocycles. The molecule has 28 heavy (non-hydrogen) atoms. The molecule has 1 saturated heterocycles. The fourth-order valence-electron chi connectivity index (χ4n) is 3.33. The molecule has 2 aliphatic heterocycles. The van der Waals surface area contributed by atoms with Crippen molar-refractivity contribution in [2.45, 2.75) is 12.5 Å². The van der Waals surface area contributed by atoms with Crippen molar-refractivity contribution in [2.24, 2.45) is 10.8 Å². The summed E-state index contributed by atoms with van der Waals surface area (Å²) in [5.41, 5.74) is 6.54. The Balaban J connectivity index is 1.64. The molecular formula is C18H25N5O4S. The summed E-state index contributed by atoms with van der Waals surface area (Å²) in [5, 5.41) is 5.90. The third-order valence-electron chi connectivity index (χ3n) is 4.94. The predicted octanol–water partition coefficient (Wildman–Crippen LogP) is -0.705. The number of rotatable bonds is 6. The quantitative estimate of drug-likeness (QED) is 0.666. The van der Waals surface area contributed by atoms with E-state index in [1.54, 1.807) is 4.90 Å². The van der Waals surface area contributed by atoms with Crippen LogP contribution >= 0.6 is 0 Å². The van der Waals surface area contributed by atoms with Gasteiger partial charge in [0, 0.05) is 45.4 Å². The number of benzene rings is 1. The van der Waals surface area contributed by atoms with Crippen LogP contribution in [0.25, 0.3) is 0 Å². The zero-order valence-corrected chi connectivity index (χ0v) is 16.6. The minimum Gasteiger partial charge on any atom is -0.368 e. The lowest BCUT2D eigenvalue weighted by molar-refractivity contribution is -0.125. The predicted molar refractivity (Wildman–Crippen MR) is 107 cm³/mol. The highest BCUT2D eigenvalue weighted by Crippen LogP contribution is 2.25. The van der Waals surface area contributed by atoms with E-state index in [-0.39, 0.29) is 18.1 Å². The maximum atomic E-state index is 12.9. The van der Waals surface area contributed by atoms with Crippen molar-refractivity contribution >= 4 is 33.1 Å². The average Bonchev–Trinajstić information content (AvgIpc) is 3.12. The number of hydrazone groups is 1. The van der Waals surface area contributed by atoms with Gasteiger partial charge in [0.2, 0.25) is 5.91 Å². The fraction of sp³-hybridized carbons (Fsp3) is 0.500. The number of carbonyl (C=O) groups excluding carboxylic acids is 2. The highest BCUT2D eigenvalue weighted by atomic mass is 32.2. The van der Waals surface area contributed by atoms with Gasteiger partial charge >= 0.3 is 0 Å².